The molecule has 0 bridgehead atoms. The van der Waals surface area contributed by atoms with Gasteiger partial charge in [0.2, 0.25) is 5.91 Å². The van der Waals surface area contributed by atoms with Gasteiger partial charge in [-0.05, 0) is 27.2 Å². The van der Waals surface area contributed by atoms with E-state index in [-0.39, 0.29) is 18.5 Å². The highest BCUT2D eigenvalue weighted by Crippen LogP contribution is 1.99. The molecule has 7 heteroatoms. The van der Waals surface area contributed by atoms with Crippen LogP contribution in [-0.4, -0.2) is 53.1 Å². The molecule has 0 aliphatic rings. The number of carboxylic acid groups (broad SMARTS) is 1. The van der Waals surface area contributed by atoms with Crippen LogP contribution in [0.1, 0.15) is 40.5 Å². The number of carboxylic acids is 1. The SMILES string of the molecule is CCC[C@H](NC(=O)N(CC)CC(=O)NC(C)C)C(=O)O. The van der Waals surface area contributed by atoms with Crippen LogP contribution in [0.25, 0.3) is 0 Å². The zero-order valence-electron chi connectivity index (χ0n) is 12.6. The zero-order valence-corrected chi connectivity index (χ0v) is 12.6. The number of likely N-dealkylation sites (N-methyl/N-ethyl adjacent to an activating group) is 1. The zero-order chi connectivity index (χ0) is 15.7. The van der Waals surface area contributed by atoms with E-state index in [2.05, 4.69) is 10.6 Å². The van der Waals surface area contributed by atoms with Gasteiger partial charge in [-0.2, -0.15) is 0 Å². The van der Waals surface area contributed by atoms with Crippen molar-refractivity contribution >= 4 is 17.9 Å². The molecule has 3 amide bonds. The molecule has 1 atom stereocenters. The van der Waals surface area contributed by atoms with Crippen LogP contribution in [0.2, 0.25) is 0 Å². The first-order valence-electron chi connectivity index (χ1n) is 6.89. The van der Waals surface area contributed by atoms with Gasteiger partial charge in [0.15, 0.2) is 0 Å². The van der Waals surface area contributed by atoms with Crippen LogP contribution in [-0.2, 0) is 9.59 Å². The van der Waals surface area contributed by atoms with Crippen LogP contribution < -0.4 is 10.6 Å². The number of rotatable bonds is 8. The Hall–Kier alpha value is -1.79. The maximum absolute atomic E-state index is 12.0. The summed E-state index contributed by atoms with van der Waals surface area (Å²) in [5.41, 5.74) is 0. The van der Waals surface area contributed by atoms with Crippen LogP contribution in [0.3, 0.4) is 0 Å². The van der Waals surface area contributed by atoms with Gasteiger partial charge >= 0.3 is 12.0 Å². The molecular weight excluding hydrogens is 262 g/mol. The largest absolute Gasteiger partial charge is 0.480 e. The third-order valence-corrected chi connectivity index (χ3v) is 2.63. The standard InChI is InChI=1S/C13H25N3O4/c1-5-7-10(12(18)19)15-13(20)16(6-2)8-11(17)14-9(3)4/h9-10H,5-8H2,1-4H3,(H,14,17)(H,15,20)(H,18,19)/t10-/m0/s1. The number of aliphatic carboxylic acids is 1. The van der Waals surface area contributed by atoms with Crippen LogP contribution in [0.15, 0.2) is 0 Å². The number of urea groups is 1. The van der Waals surface area contributed by atoms with Gasteiger partial charge in [-0.1, -0.05) is 13.3 Å². The molecule has 0 aliphatic carbocycles. The summed E-state index contributed by atoms with van der Waals surface area (Å²) in [4.78, 5) is 35.9. The number of hydrogen-bond donors (Lipinski definition) is 3. The third-order valence-electron chi connectivity index (χ3n) is 2.63. The average Bonchev–Trinajstić information content (AvgIpc) is 2.34. The highest BCUT2D eigenvalue weighted by Gasteiger charge is 2.23. The number of carbonyl (C=O) groups excluding carboxylic acids is 2. The molecule has 7 nitrogen and oxygen atoms in total. The van der Waals surface area contributed by atoms with Gasteiger partial charge in [0, 0.05) is 12.6 Å². The summed E-state index contributed by atoms with van der Waals surface area (Å²) in [6.07, 6.45) is 1.01. The van der Waals surface area contributed by atoms with Crippen molar-refractivity contribution in [1.82, 2.24) is 15.5 Å². The highest BCUT2D eigenvalue weighted by atomic mass is 16.4. The van der Waals surface area contributed by atoms with Gasteiger partial charge in [-0.3, -0.25) is 4.79 Å². The van der Waals surface area contributed by atoms with Crippen molar-refractivity contribution in [1.29, 1.82) is 0 Å². The fourth-order valence-electron chi connectivity index (χ4n) is 1.65. The Balaban J connectivity index is 4.53. The Bertz CT molecular complexity index is 345. The maximum atomic E-state index is 12.0. The summed E-state index contributed by atoms with van der Waals surface area (Å²) in [7, 11) is 0. The first-order valence-corrected chi connectivity index (χ1v) is 6.89. The molecule has 0 saturated heterocycles. The number of nitrogens with zero attached hydrogens (tertiary/aromatic N) is 1. The monoisotopic (exact) mass is 287 g/mol. The summed E-state index contributed by atoms with van der Waals surface area (Å²) < 4.78 is 0. The van der Waals surface area contributed by atoms with E-state index in [9.17, 15) is 14.4 Å². The second-order valence-electron chi connectivity index (χ2n) is 4.87. The highest BCUT2D eigenvalue weighted by molar-refractivity contribution is 5.86. The van der Waals surface area contributed by atoms with Gasteiger partial charge in [0.25, 0.3) is 0 Å². The lowest BCUT2D eigenvalue weighted by Crippen LogP contribution is -2.51. The van der Waals surface area contributed by atoms with Crippen LogP contribution in [0, 0.1) is 0 Å². The number of carbonyl (C=O) groups is 3. The smallest absolute Gasteiger partial charge is 0.326 e. The van der Waals surface area contributed by atoms with E-state index in [0.29, 0.717) is 19.4 Å². The molecule has 0 radical (unpaired) electrons. The fourth-order valence-corrected chi connectivity index (χ4v) is 1.65. The number of hydrogen-bond acceptors (Lipinski definition) is 3. The first kappa shape index (κ1) is 18.2. The van der Waals surface area contributed by atoms with Crippen molar-refractivity contribution in [2.24, 2.45) is 0 Å². The van der Waals surface area contributed by atoms with Crippen molar-refractivity contribution < 1.29 is 19.5 Å². The van der Waals surface area contributed by atoms with Crippen molar-refractivity contribution in [3.8, 4) is 0 Å². The minimum Gasteiger partial charge on any atom is -0.480 e. The molecule has 0 unspecified atom stereocenters. The summed E-state index contributed by atoms with van der Waals surface area (Å²) in [6, 6.07) is -1.46. The molecule has 0 spiro atoms. The molecular formula is C13H25N3O4. The predicted molar refractivity (Wildman–Crippen MR) is 75.4 cm³/mol. The summed E-state index contributed by atoms with van der Waals surface area (Å²) in [5.74, 6) is -1.33. The lowest BCUT2D eigenvalue weighted by molar-refractivity contribution is -0.139. The number of nitrogens with one attached hydrogen (secondary N) is 2. The van der Waals surface area contributed by atoms with E-state index < -0.39 is 18.0 Å². The molecule has 0 saturated carbocycles. The molecule has 3 N–H and O–H groups in total. The summed E-state index contributed by atoms with van der Waals surface area (Å²) >= 11 is 0. The normalized spacial score (nSPS) is 11.8. The Morgan fingerprint density at radius 2 is 1.75 bits per heavy atom. The van der Waals surface area contributed by atoms with E-state index in [1.165, 1.54) is 4.90 Å². The van der Waals surface area contributed by atoms with Crippen molar-refractivity contribution in [3.63, 3.8) is 0 Å². The van der Waals surface area contributed by atoms with Crippen LogP contribution >= 0.6 is 0 Å². The average molecular weight is 287 g/mol. The Labute approximate surface area is 119 Å². The lowest BCUT2D eigenvalue weighted by Gasteiger charge is -2.23. The fraction of sp³-hybridized carbons (Fsp3) is 0.769. The molecule has 0 fully saturated rings. The minimum absolute atomic E-state index is 0.00359. The molecule has 0 rings (SSSR count). The first-order chi connectivity index (χ1) is 9.31. The molecule has 116 valence electrons. The maximum Gasteiger partial charge on any atom is 0.326 e. The van der Waals surface area contributed by atoms with Crippen LogP contribution in [0.4, 0.5) is 4.79 Å². The van der Waals surface area contributed by atoms with E-state index in [4.69, 9.17) is 5.11 Å². The Morgan fingerprint density at radius 1 is 1.15 bits per heavy atom. The topological polar surface area (TPSA) is 98.7 Å². The summed E-state index contributed by atoms with van der Waals surface area (Å²) in [6.45, 7) is 7.48. The number of amides is 3. The van der Waals surface area contributed by atoms with Crippen molar-refractivity contribution in [3.05, 3.63) is 0 Å². The quantitative estimate of drug-likeness (QED) is 0.615. The van der Waals surface area contributed by atoms with Gasteiger partial charge in [-0.15, -0.1) is 0 Å². The van der Waals surface area contributed by atoms with E-state index in [0.717, 1.165) is 0 Å². The summed E-state index contributed by atoms with van der Waals surface area (Å²) in [5, 5.41) is 14.1. The van der Waals surface area contributed by atoms with Gasteiger partial charge in [0.1, 0.15) is 12.6 Å². The molecule has 0 aromatic heterocycles. The lowest BCUT2D eigenvalue weighted by atomic mass is 10.2. The second-order valence-corrected chi connectivity index (χ2v) is 4.87. The molecule has 0 aromatic carbocycles. The Kier molecular flexibility index (Phi) is 8.35. The molecule has 0 aromatic rings. The van der Waals surface area contributed by atoms with E-state index >= 15 is 0 Å². The molecule has 0 aliphatic heterocycles. The Morgan fingerprint density at radius 3 is 2.15 bits per heavy atom. The van der Waals surface area contributed by atoms with E-state index in [1.807, 2.05) is 20.8 Å². The van der Waals surface area contributed by atoms with E-state index in [1.54, 1.807) is 6.92 Å². The minimum atomic E-state index is -1.07. The van der Waals surface area contributed by atoms with Gasteiger partial charge < -0.3 is 20.6 Å². The van der Waals surface area contributed by atoms with Crippen molar-refractivity contribution in [2.45, 2.75) is 52.6 Å². The van der Waals surface area contributed by atoms with Gasteiger partial charge in [0.05, 0.1) is 0 Å². The third kappa shape index (κ3) is 6.96. The predicted octanol–water partition coefficient (Wildman–Crippen LogP) is 0.796. The van der Waals surface area contributed by atoms with Gasteiger partial charge in [-0.25, -0.2) is 9.59 Å². The molecule has 20 heavy (non-hydrogen) atoms. The second kappa shape index (κ2) is 9.17. The van der Waals surface area contributed by atoms with Crippen LogP contribution in [0.5, 0.6) is 0 Å². The van der Waals surface area contributed by atoms with Crippen molar-refractivity contribution in [2.75, 3.05) is 13.1 Å². The molecule has 0 heterocycles.